The number of hydrogen-bond acceptors (Lipinski definition) is 8. The molecule has 1 N–H and O–H groups in total. The lowest BCUT2D eigenvalue weighted by Crippen LogP contribution is -2.20. The number of thioether (sulfide) groups is 1. The molecule has 3 heterocycles. The quantitative estimate of drug-likeness (QED) is 0.360. The molecule has 0 saturated heterocycles. The van der Waals surface area contributed by atoms with Crippen molar-refractivity contribution in [3.8, 4) is 0 Å². The highest BCUT2D eigenvalue weighted by atomic mass is 32.2. The van der Waals surface area contributed by atoms with E-state index >= 15 is 0 Å². The maximum Gasteiger partial charge on any atom is 0.341 e. The Bertz CT molecular complexity index is 1320. The van der Waals surface area contributed by atoms with Gasteiger partial charge in [-0.2, -0.15) is 0 Å². The van der Waals surface area contributed by atoms with Gasteiger partial charge in [-0.05, 0) is 30.5 Å². The van der Waals surface area contributed by atoms with Gasteiger partial charge in [-0.25, -0.2) is 4.79 Å². The number of rotatable bonds is 6. The van der Waals surface area contributed by atoms with Crippen molar-refractivity contribution >= 4 is 56.7 Å². The first kappa shape index (κ1) is 20.1. The Balaban J connectivity index is 1.57. The summed E-state index contributed by atoms with van der Waals surface area (Å²) in [7, 11) is 1.63. The van der Waals surface area contributed by atoms with Crippen LogP contribution in [-0.2, 0) is 16.6 Å². The Labute approximate surface area is 178 Å². The monoisotopic (exact) mass is 443 g/mol. The van der Waals surface area contributed by atoms with Crippen LogP contribution < -0.4 is 10.9 Å². The maximum absolute atomic E-state index is 12.5. The molecule has 154 valence electrons. The van der Waals surface area contributed by atoms with Crippen molar-refractivity contribution in [1.82, 2.24) is 19.2 Å². The number of nitrogens with zero attached hydrogens (tertiary/aromatic N) is 4. The fourth-order valence-electron chi connectivity index (χ4n) is 2.97. The second-order valence-electron chi connectivity index (χ2n) is 6.22. The summed E-state index contributed by atoms with van der Waals surface area (Å²) in [5.74, 6) is -0.320. The predicted octanol–water partition coefficient (Wildman–Crippen LogP) is 2.55. The largest absolute Gasteiger partial charge is 0.462 e. The SMILES string of the molecule is CCOC(=O)c1ccsc1NC(=O)CSc1nnc2n(C)c(=O)c3ccccc3n12. The molecular formula is C19H17N5O4S2. The molecule has 1 aromatic carbocycles. The van der Waals surface area contributed by atoms with Crippen molar-refractivity contribution in [3.05, 3.63) is 51.6 Å². The number of thiophene rings is 1. The lowest BCUT2D eigenvalue weighted by molar-refractivity contribution is -0.113. The van der Waals surface area contributed by atoms with Crippen LogP contribution in [-0.4, -0.2) is 43.4 Å². The summed E-state index contributed by atoms with van der Waals surface area (Å²) in [6, 6.07) is 8.79. The van der Waals surface area contributed by atoms with Crippen LogP contribution in [0, 0.1) is 0 Å². The van der Waals surface area contributed by atoms with E-state index in [2.05, 4.69) is 15.5 Å². The van der Waals surface area contributed by atoms with E-state index < -0.39 is 5.97 Å². The van der Waals surface area contributed by atoms with Crippen LogP contribution in [0.4, 0.5) is 5.00 Å². The molecule has 0 radical (unpaired) electrons. The molecular weight excluding hydrogens is 426 g/mol. The third-order valence-corrected chi connectivity index (χ3v) is 6.10. The van der Waals surface area contributed by atoms with E-state index in [1.807, 2.05) is 12.1 Å². The van der Waals surface area contributed by atoms with Gasteiger partial charge >= 0.3 is 5.97 Å². The Kier molecular flexibility index (Phi) is 5.55. The average molecular weight is 444 g/mol. The topological polar surface area (TPSA) is 108 Å². The second-order valence-corrected chi connectivity index (χ2v) is 8.08. The number of aromatic nitrogens is 4. The Morgan fingerprint density at radius 2 is 2.03 bits per heavy atom. The van der Waals surface area contributed by atoms with E-state index in [-0.39, 0.29) is 23.8 Å². The molecule has 30 heavy (non-hydrogen) atoms. The first-order chi connectivity index (χ1) is 14.5. The number of amides is 1. The number of para-hydroxylation sites is 1. The molecule has 0 fully saturated rings. The van der Waals surface area contributed by atoms with Crippen molar-refractivity contribution in [2.75, 3.05) is 17.7 Å². The number of hydrogen-bond donors (Lipinski definition) is 1. The fourth-order valence-corrected chi connectivity index (χ4v) is 4.50. The van der Waals surface area contributed by atoms with Gasteiger partial charge in [-0.3, -0.25) is 18.6 Å². The molecule has 3 aromatic heterocycles. The second kappa shape index (κ2) is 8.28. The zero-order chi connectivity index (χ0) is 21.3. The first-order valence-corrected chi connectivity index (χ1v) is 10.9. The van der Waals surface area contributed by atoms with Crippen molar-refractivity contribution in [2.24, 2.45) is 7.05 Å². The first-order valence-electron chi connectivity index (χ1n) is 9.01. The van der Waals surface area contributed by atoms with E-state index in [4.69, 9.17) is 4.74 Å². The van der Waals surface area contributed by atoms with Gasteiger partial charge in [0.05, 0.1) is 28.8 Å². The maximum atomic E-state index is 12.5. The number of benzene rings is 1. The molecule has 9 nitrogen and oxygen atoms in total. The highest BCUT2D eigenvalue weighted by Gasteiger charge is 2.18. The summed E-state index contributed by atoms with van der Waals surface area (Å²) in [4.78, 5) is 36.9. The normalized spacial score (nSPS) is 11.1. The van der Waals surface area contributed by atoms with Gasteiger partial charge in [-0.1, -0.05) is 23.9 Å². The van der Waals surface area contributed by atoms with Crippen LogP contribution in [0.3, 0.4) is 0 Å². The molecule has 0 aliphatic carbocycles. The van der Waals surface area contributed by atoms with Crippen LogP contribution in [0.5, 0.6) is 0 Å². The number of fused-ring (bicyclic) bond motifs is 3. The molecule has 0 atom stereocenters. The summed E-state index contributed by atoms with van der Waals surface area (Å²) in [6.45, 7) is 1.98. The molecule has 0 unspecified atom stereocenters. The number of carbonyl (C=O) groups is 2. The molecule has 0 saturated carbocycles. The molecule has 0 spiro atoms. The average Bonchev–Trinajstić information content (AvgIpc) is 3.38. The summed E-state index contributed by atoms with van der Waals surface area (Å²) < 4.78 is 8.18. The minimum Gasteiger partial charge on any atom is -0.462 e. The van der Waals surface area contributed by atoms with Gasteiger partial charge < -0.3 is 10.1 Å². The third kappa shape index (κ3) is 3.57. The number of nitrogens with one attached hydrogen (secondary N) is 1. The summed E-state index contributed by atoms with van der Waals surface area (Å²) >= 11 is 2.44. The van der Waals surface area contributed by atoms with E-state index in [1.54, 1.807) is 42.0 Å². The summed E-state index contributed by atoms with van der Waals surface area (Å²) in [6.07, 6.45) is 0. The minimum absolute atomic E-state index is 0.0537. The molecule has 0 aliphatic heterocycles. The number of anilines is 1. The van der Waals surface area contributed by atoms with Gasteiger partial charge in [0.1, 0.15) is 5.00 Å². The lowest BCUT2D eigenvalue weighted by Gasteiger charge is -2.08. The molecule has 0 aliphatic rings. The molecule has 1 amide bonds. The Hall–Kier alpha value is -3.18. The lowest BCUT2D eigenvalue weighted by atomic mass is 10.2. The standard InChI is InChI=1S/C19H17N5O4S2/c1-3-28-17(27)12-8-9-29-15(12)20-14(25)10-30-19-22-21-18-23(2)16(26)11-6-4-5-7-13(11)24(18)19/h4-9H,3,10H2,1-2H3,(H,20,25). The van der Waals surface area contributed by atoms with Crippen molar-refractivity contribution in [1.29, 1.82) is 0 Å². The van der Waals surface area contributed by atoms with Crippen molar-refractivity contribution in [2.45, 2.75) is 12.1 Å². The fraction of sp³-hybridized carbons (Fsp3) is 0.211. The number of ether oxygens (including phenoxy) is 1. The van der Waals surface area contributed by atoms with Crippen LogP contribution in [0.15, 0.2) is 45.7 Å². The number of aryl methyl sites for hydroxylation is 1. The van der Waals surface area contributed by atoms with Gasteiger partial charge in [0.15, 0.2) is 5.16 Å². The smallest absolute Gasteiger partial charge is 0.341 e. The molecule has 11 heteroatoms. The van der Waals surface area contributed by atoms with Gasteiger partial charge in [0.2, 0.25) is 11.7 Å². The number of carbonyl (C=O) groups excluding carboxylic acids is 2. The van der Waals surface area contributed by atoms with Gasteiger partial charge in [0, 0.05) is 7.05 Å². The van der Waals surface area contributed by atoms with E-state index in [0.717, 1.165) is 0 Å². The van der Waals surface area contributed by atoms with E-state index in [0.29, 0.717) is 32.4 Å². The predicted molar refractivity (Wildman–Crippen MR) is 115 cm³/mol. The van der Waals surface area contributed by atoms with Crippen molar-refractivity contribution < 1.29 is 14.3 Å². The summed E-state index contributed by atoms with van der Waals surface area (Å²) in [5.41, 5.74) is 0.837. The Morgan fingerprint density at radius 1 is 1.23 bits per heavy atom. The van der Waals surface area contributed by atoms with E-state index in [1.165, 1.54) is 27.7 Å². The number of esters is 1. The Morgan fingerprint density at radius 3 is 2.83 bits per heavy atom. The molecule has 4 aromatic rings. The van der Waals surface area contributed by atoms with Crippen LogP contribution in [0.1, 0.15) is 17.3 Å². The van der Waals surface area contributed by atoms with E-state index in [9.17, 15) is 14.4 Å². The molecule has 0 bridgehead atoms. The third-order valence-electron chi connectivity index (χ3n) is 4.34. The van der Waals surface area contributed by atoms with Gasteiger partial charge in [-0.15, -0.1) is 21.5 Å². The van der Waals surface area contributed by atoms with Crippen molar-refractivity contribution in [3.63, 3.8) is 0 Å². The summed E-state index contributed by atoms with van der Waals surface area (Å²) in [5, 5.41) is 14.2. The van der Waals surface area contributed by atoms with Gasteiger partial charge in [0.25, 0.3) is 5.56 Å². The highest BCUT2D eigenvalue weighted by molar-refractivity contribution is 7.99. The van der Waals surface area contributed by atoms with Crippen LogP contribution in [0.2, 0.25) is 0 Å². The zero-order valence-corrected chi connectivity index (χ0v) is 17.7. The highest BCUT2D eigenvalue weighted by Crippen LogP contribution is 2.25. The van der Waals surface area contributed by atoms with Crippen LogP contribution in [0.25, 0.3) is 16.7 Å². The minimum atomic E-state index is -0.474. The zero-order valence-electron chi connectivity index (χ0n) is 16.1. The van der Waals surface area contributed by atoms with Crippen LogP contribution >= 0.6 is 23.1 Å². The molecule has 4 rings (SSSR count).